The number of aromatic nitrogens is 1. The first-order valence-corrected chi connectivity index (χ1v) is 13.5. The zero-order valence-corrected chi connectivity index (χ0v) is 22.8. The van der Waals surface area contributed by atoms with Crippen LogP contribution in [0.3, 0.4) is 0 Å². The summed E-state index contributed by atoms with van der Waals surface area (Å²) in [6, 6.07) is 26.5. The van der Waals surface area contributed by atoms with Gasteiger partial charge in [-0.1, -0.05) is 84.0 Å². The van der Waals surface area contributed by atoms with Crippen LogP contribution < -0.4 is 0 Å². The predicted molar refractivity (Wildman–Crippen MR) is 151 cm³/mol. The van der Waals surface area contributed by atoms with E-state index in [0.29, 0.717) is 25.5 Å². The molecule has 1 heterocycles. The zero-order valence-electron chi connectivity index (χ0n) is 22.8. The molecule has 39 heavy (non-hydrogen) atoms. The summed E-state index contributed by atoms with van der Waals surface area (Å²) in [4.78, 5) is 26.7. The first kappa shape index (κ1) is 26.4. The number of hydrogen-bond acceptors (Lipinski definition) is 5. The fraction of sp³-hybridized carbons (Fsp3) is 0.303. The number of nitrogens with zero attached hydrogens (tertiary/aromatic N) is 2. The van der Waals surface area contributed by atoms with Crippen molar-refractivity contribution in [2.45, 2.75) is 52.0 Å². The fourth-order valence-corrected chi connectivity index (χ4v) is 5.05. The number of hydrogen-bond donors (Lipinski definition) is 0. The smallest absolute Gasteiger partial charge is 0.316 e. The van der Waals surface area contributed by atoms with E-state index in [4.69, 9.17) is 9.26 Å². The molecule has 0 spiro atoms. The van der Waals surface area contributed by atoms with Crippen molar-refractivity contribution in [2.24, 2.45) is 0 Å². The second kappa shape index (κ2) is 11.3. The van der Waals surface area contributed by atoms with Gasteiger partial charge in [-0.2, -0.15) is 0 Å². The summed E-state index contributed by atoms with van der Waals surface area (Å²) in [5.74, 6) is 0.585. The highest BCUT2D eigenvalue weighted by Gasteiger charge is 2.52. The van der Waals surface area contributed by atoms with Crippen LogP contribution in [-0.4, -0.2) is 35.1 Å². The van der Waals surface area contributed by atoms with E-state index < -0.39 is 5.41 Å². The normalized spacial score (nSPS) is 13.6. The van der Waals surface area contributed by atoms with E-state index in [1.165, 1.54) is 5.56 Å². The number of carbonyl (C=O) groups is 2. The monoisotopic (exact) mass is 522 g/mol. The predicted octanol–water partition coefficient (Wildman–Crippen LogP) is 6.50. The summed E-state index contributed by atoms with van der Waals surface area (Å²) in [5, 5.41) is 4.22. The van der Waals surface area contributed by atoms with E-state index >= 15 is 0 Å². The Morgan fingerprint density at radius 2 is 1.54 bits per heavy atom. The van der Waals surface area contributed by atoms with Gasteiger partial charge in [0.05, 0.1) is 24.3 Å². The van der Waals surface area contributed by atoms with Crippen LogP contribution in [0.1, 0.15) is 49.1 Å². The summed E-state index contributed by atoms with van der Waals surface area (Å²) in [5.41, 5.74) is 6.51. The van der Waals surface area contributed by atoms with Gasteiger partial charge < -0.3 is 14.2 Å². The first-order valence-electron chi connectivity index (χ1n) is 13.5. The Hall–Kier alpha value is -4.19. The van der Waals surface area contributed by atoms with Gasteiger partial charge in [-0.15, -0.1) is 0 Å². The topological polar surface area (TPSA) is 72.6 Å². The highest BCUT2D eigenvalue weighted by Crippen LogP contribution is 2.49. The van der Waals surface area contributed by atoms with Crippen LogP contribution in [-0.2, 0) is 32.7 Å². The van der Waals surface area contributed by atoms with Gasteiger partial charge in [0.1, 0.15) is 0 Å². The summed E-state index contributed by atoms with van der Waals surface area (Å²) < 4.78 is 11.0. The molecule has 1 aliphatic rings. The van der Waals surface area contributed by atoms with E-state index in [1.54, 1.807) is 6.92 Å². The second-order valence-electron chi connectivity index (χ2n) is 10.2. The van der Waals surface area contributed by atoms with Crippen molar-refractivity contribution in [1.82, 2.24) is 10.1 Å². The quantitative estimate of drug-likeness (QED) is 0.222. The number of carbonyl (C=O) groups excluding carboxylic acids is 2. The Bertz CT molecular complexity index is 1440. The average molecular weight is 523 g/mol. The van der Waals surface area contributed by atoms with Crippen LogP contribution in [0.25, 0.3) is 22.5 Å². The SMILES string of the molecule is CCOC(=O)C1(c2ccc(-c3ccc(-c4onc(C)c4CN(CCc4ccccc4)C(C)=O)cc3)cc2)CC1. The van der Waals surface area contributed by atoms with Gasteiger partial charge in [0, 0.05) is 24.6 Å². The van der Waals surface area contributed by atoms with Crippen LogP contribution in [0.2, 0.25) is 0 Å². The minimum absolute atomic E-state index is 0.0206. The molecule has 3 aromatic carbocycles. The van der Waals surface area contributed by atoms with Crippen molar-refractivity contribution in [1.29, 1.82) is 0 Å². The Morgan fingerprint density at radius 1 is 0.923 bits per heavy atom. The van der Waals surface area contributed by atoms with Gasteiger partial charge in [0.2, 0.25) is 5.91 Å². The van der Waals surface area contributed by atoms with Crippen molar-refractivity contribution in [3.8, 4) is 22.5 Å². The van der Waals surface area contributed by atoms with E-state index in [-0.39, 0.29) is 11.9 Å². The number of benzene rings is 3. The zero-order chi connectivity index (χ0) is 27.4. The third kappa shape index (κ3) is 5.65. The summed E-state index contributed by atoms with van der Waals surface area (Å²) in [6.45, 7) is 6.82. The summed E-state index contributed by atoms with van der Waals surface area (Å²) in [7, 11) is 0. The average Bonchev–Trinajstić information content (AvgIpc) is 3.70. The molecular weight excluding hydrogens is 488 g/mol. The van der Waals surface area contributed by atoms with Gasteiger partial charge in [-0.3, -0.25) is 9.59 Å². The molecule has 1 fully saturated rings. The summed E-state index contributed by atoms with van der Waals surface area (Å²) in [6.07, 6.45) is 2.47. The van der Waals surface area contributed by atoms with Crippen molar-refractivity contribution in [3.63, 3.8) is 0 Å². The molecule has 0 saturated heterocycles. The lowest BCUT2D eigenvalue weighted by Gasteiger charge is -2.21. The van der Waals surface area contributed by atoms with Gasteiger partial charge in [0.15, 0.2) is 5.76 Å². The third-order valence-electron chi connectivity index (χ3n) is 7.63. The highest BCUT2D eigenvalue weighted by atomic mass is 16.5. The third-order valence-corrected chi connectivity index (χ3v) is 7.63. The maximum absolute atomic E-state index is 12.5. The highest BCUT2D eigenvalue weighted by molar-refractivity contribution is 5.87. The molecule has 200 valence electrons. The van der Waals surface area contributed by atoms with Gasteiger partial charge >= 0.3 is 5.97 Å². The number of aryl methyl sites for hydroxylation is 1. The molecule has 1 saturated carbocycles. The lowest BCUT2D eigenvalue weighted by molar-refractivity contribution is -0.146. The molecule has 1 amide bonds. The van der Waals surface area contributed by atoms with Gasteiger partial charge in [0.25, 0.3) is 0 Å². The molecule has 0 radical (unpaired) electrons. The minimum Gasteiger partial charge on any atom is -0.465 e. The molecule has 4 aromatic rings. The second-order valence-corrected chi connectivity index (χ2v) is 10.2. The van der Waals surface area contributed by atoms with E-state index in [2.05, 4.69) is 41.6 Å². The van der Waals surface area contributed by atoms with Crippen molar-refractivity contribution in [3.05, 3.63) is 101 Å². The van der Waals surface area contributed by atoms with Crippen molar-refractivity contribution in [2.75, 3.05) is 13.2 Å². The lowest BCUT2D eigenvalue weighted by atomic mass is 9.93. The lowest BCUT2D eigenvalue weighted by Crippen LogP contribution is -2.30. The Labute approximate surface area is 229 Å². The minimum atomic E-state index is -0.464. The van der Waals surface area contributed by atoms with Crippen LogP contribution in [0.4, 0.5) is 0 Å². The molecular formula is C33H34N2O4. The standard InChI is InChI=1S/C33H34N2O4/c1-4-38-32(37)33(19-20-33)29-16-14-27(15-17-29)26-10-12-28(13-11-26)31-30(23(2)34-39-31)22-35(24(3)36)21-18-25-8-6-5-7-9-25/h5-17H,4,18-22H2,1-3H3. The van der Waals surface area contributed by atoms with Gasteiger partial charge in [-0.05, 0) is 55.4 Å². The molecule has 5 rings (SSSR count). The molecule has 1 aliphatic carbocycles. The fourth-order valence-electron chi connectivity index (χ4n) is 5.05. The molecule has 0 bridgehead atoms. The molecule has 6 nitrogen and oxygen atoms in total. The van der Waals surface area contributed by atoms with Gasteiger partial charge in [-0.25, -0.2) is 0 Å². The molecule has 6 heteroatoms. The molecule has 0 atom stereocenters. The van der Waals surface area contributed by atoms with E-state index in [1.807, 2.05) is 61.2 Å². The van der Waals surface area contributed by atoms with Crippen LogP contribution in [0.5, 0.6) is 0 Å². The van der Waals surface area contributed by atoms with E-state index in [9.17, 15) is 9.59 Å². The Kier molecular flexibility index (Phi) is 7.64. The first-order chi connectivity index (χ1) is 18.9. The van der Waals surface area contributed by atoms with Crippen LogP contribution in [0, 0.1) is 6.92 Å². The number of rotatable bonds is 10. The van der Waals surface area contributed by atoms with Crippen molar-refractivity contribution >= 4 is 11.9 Å². The Morgan fingerprint density at radius 3 is 2.13 bits per heavy atom. The molecule has 0 N–H and O–H groups in total. The summed E-state index contributed by atoms with van der Waals surface area (Å²) >= 11 is 0. The van der Waals surface area contributed by atoms with Crippen molar-refractivity contribution < 1.29 is 18.8 Å². The van der Waals surface area contributed by atoms with Crippen LogP contribution >= 0.6 is 0 Å². The molecule has 1 aromatic heterocycles. The largest absolute Gasteiger partial charge is 0.465 e. The van der Waals surface area contributed by atoms with E-state index in [0.717, 1.165) is 52.8 Å². The number of ether oxygens (including phenoxy) is 1. The number of esters is 1. The molecule has 0 unspecified atom stereocenters. The maximum Gasteiger partial charge on any atom is 0.316 e. The Balaban J connectivity index is 1.31. The van der Waals surface area contributed by atoms with Crippen LogP contribution in [0.15, 0.2) is 83.4 Å². The maximum atomic E-state index is 12.5. The molecule has 0 aliphatic heterocycles. The number of amides is 1.